The minimum Gasteiger partial charge on any atom is -0.356 e. The van der Waals surface area contributed by atoms with E-state index in [4.69, 9.17) is 4.98 Å². The van der Waals surface area contributed by atoms with Crippen LogP contribution in [0.3, 0.4) is 0 Å². The molecule has 9 nitrogen and oxygen atoms in total. The van der Waals surface area contributed by atoms with E-state index < -0.39 is 10.0 Å². The summed E-state index contributed by atoms with van der Waals surface area (Å²) in [4.78, 5) is 14.2. The minimum atomic E-state index is -3.57. The molecule has 0 amide bonds. The predicted molar refractivity (Wildman–Crippen MR) is 117 cm³/mol. The lowest BCUT2D eigenvalue weighted by atomic mass is 10.3. The van der Waals surface area contributed by atoms with Gasteiger partial charge in [0.05, 0.1) is 11.4 Å². The lowest BCUT2D eigenvalue weighted by Crippen LogP contribution is -2.49. The second-order valence-electron chi connectivity index (χ2n) is 8.07. The van der Waals surface area contributed by atoms with Crippen LogP contribution in [0.4, 0.5) is 11.8 Å². The molecule has 0 unspecified atom stereocenters. The first kappa shape index (κ1) is 21.0. The van der Waals surface area contributed by atoms with Gasteiger partial charge in [-0.25, -0.2) is 13.4 Å². The Balaban J connectivity index is 1.51. The zero-order valence-electron chi connectivity index (χ0n) is 18.3. The predicted octanol–water partition coefficient (Wildman–Crippen LogP) is 1.73. The van der Waals surface area contributed by atoms with Crippen LogP contribution in [-0.4, -0.2) is 71.7 Å². The van der Waals surface area contributed by atoms with Gasteiger partial charge in [0.25, 0.3) is 0 Å². The molecule has 30 heavy (non-hydrogen) atoms. The largest absolute Gasteiger partial charge is 0.356 e. The van der Waals surface area contributed by atoms with E-state index in [1.54, 1.807) is 15.9 Å². The molecule has 164 valence electrons. The SMILES string of the molecule is CCn1nc(C)c(S(=O)(=O)N2CCN(c3nc(C)cc(N4CCCC4)n3)CC2)c1C. The zero-order valence-corrected chi connectivity index (χ0v) is 19.1. The van der Waals surface area contributed by atoms with Crippen LogP contribution < -0.4 is 9.80 Å². The molecule has 0 saturated carbocycles. The molecule has 0 bridgehead atoms. The van der Waals surface area contributed by atoms with Gasteiger partial charge < -0.3 is 9.80 Å². The average molecular weight is 434 g/mol. The third-order valence-electron chi connectivity index (χ3n) is 5.99. The van der Waals surface area contributed by atoms with E-state index in [0.29, 0.717) is 55.0 Å². The smallest absolute Gasteiger partial charge is 0.246 e. The molecular weight excluding hydrogens is 402 g/mol. The van der Waals surface area contributed by atoms with Crippen molar-refractivity contribution in [1.29, 1.82) is 0 Å². The van der Waals surface area contributed by atoms with E-state index in [1.165, 1.54) is 12.8 Å². The molecule has 2 aliphatic heterocycles. The number of hydrogen-bond donors (Lipinski definition) is 0. The van der Waals surface area contributed by atoms with Gasteiger partial charge in [0.15, 0.2) is 0 Å². The second kappa shape index (κ2) is 8.14. The summed E-state index contributed by atoms with van der Waals surface area (Å²) in [7, 11) is -3.57. The Labute approximate surface area is 178 Å². The van der Waals surface area contributed by atoms with Crippen molar-refractivity contribution in [2.24, 2.45) is 0 Å². The van der Waals surface area contributed by atoms with Crippen molar-refractivity contribution < 1.29 is 8.42 Å². The van der Waals surface area contributed by atoms with Gasteiger partial charge in [-0.05, 0) is 40.5 Å². The Morgan fingerprint density at radius 3 is 2.20 bits per heavy atom. The van der Waals surface area contributed by atoms with E-state index >= 15 is 0 Å². The van der Waals surface area contributed by atoms with Crippen LogP contribution in [0.5, 0.6) is 0 Å². The Hall–Kier alpha value is -2.20. The number of hydrogen-bond acceptors (Lipinski definition) is 7. The number of nitrogens with zero attached hydrogens (tertiary/aromatic N) is 7. The topological polar surface area (TPSA) is 87.5 Å². The monoisotopic (exact) mass is 433 g/mol. The van der Waals surface area contributed by atoms with Crippen LogP contribution >= 0.6 is 0 Å². The molecule has 0 N–H and O–H groups in total. The van der Waals surface area contributed by atoms with Crippen molar-refractivity contribution in [3.05, 3.63) is 23.1 Å². The first-order valence-electron chi connectivity index (χ1n) is 10.7. The minimum absolute atomic E-state index is 0.348. The number of aromatic nitrogens is 4. The molecule has 0 aliphatic carbocycles. The molecular formula is C20H31N7O2S. The molecule has 2 fully saturated rings. The molecule has 2 saturated heterocycles. The number of rotatable bonds is 5. The summed E-state index contributed by atoms with van der Waals surface area (Å²) < 4.78 is 29.9. The van der Waals surface area contributed by atoms with Crippen molar-refractivity contribution >= 4 is 21.8 Å². The molecule has 2 aromatic heterocycles. The highest BCUT2D eigenvalue weighted by atomic mass is 32.2. The highest BCUT2D eigenvalue weighted by Crippen LogP contribution is 2.26. The van der Waals surface area contributed by atoms with Crippen LogP contribution in [0.2, 0.25) is 0 Å². The van der Waals surface area contributed by atoms with Crippen LogP contribution in [0.1, 0.15) is 36.8 Å². The molecule has 2 aromatic rings. The van der Waals surface area contributed by atoms with E-state index in [2.05, 4.69) is 19.9 Å². The van der Waals surface area contributed by atoms with Gasteiger partial charge in [-0.2, -0.15) is 14.4 Å². The summed E-state index contributed by atoms with van der Waals surface area (Å²) in [6, 6.07) is 2.03. The average Bonchev–Trinajstić information content (AvgIpc) is 3.35. The second-order valence-corrected chi connectivity index (χ2v) is 9.94. The number of anilines is 2. The summed E-state index contributed by atoms with van der Waals surface area (Å²) in [5.41, 5.74) is 2.21. The van der Waals surface area contributed by atoms with Gasteiger partial charge in [-0.3, -0.25) is 4.68 Å². The lowest BCUT2D eigenvalue weighted by molar-refractivity contribution is 0.382. The highest BCUT2D eigenvalue weighted by molar-refractivity contribution is 7.89. The molecule has 4 heterocycles. The standard InChI is InChI=1S/C20H31N7O2S/c1-5-27-17(4)19(16(3)23-27)30(28,29)26-12-10-25(11-13-26)20-21-15(2)14-18(22-20)24-8-6-7-9-24/h14H,5-13H2,1-4H3. The molecule has 0 radical (unpaired) electrons. The van der Waals surface area contributed by atoms with E-state index in [1.807, 2.05) is 26.8 Å². The fraction of sp³-hybridized carbons (Fsp3) is 0.650. The van der Waals surface area contributed by atoms with Gasteiger partial charge in [-0.1, -0.05) is 0 Å². The first-order valence-corrected chi connectivity index (χ1v) is 12.1. The van der Waals surface area contributed by atoms with Crippen LogP contribution in [0, 0.1) is 20.8 Å². The number of aryl methyl sites for hydroxylation is 3. The Kier molecular flexibility index (Phi) is 5.71. The zero-order chi connectivity index (χ0) is 21.5. The number of sulfonamides is 1. The van der Waals surface area contributed by atoms with Gasteiger partial charge in [-0.15, -0.1) is 0 Å². The Bertz CT molecular complexity index is 1020. The maximum absolute atomic E-state index is 13.3. The molecule has 2 aliphatic rings. The summed E-state index contributed by atoms with van der Waals surface area (Å²) in [6.07, 6.45) is 2.39. The normalized spacial score (nSPS) is 18.4. The summed E-state index contributed by atoms with van der Waals surface area (Å²) >= 11 is 0. The summed E-state index contributed by atoms with van der Waals surface area (Å²) in [6.45, 7) is 12.2. The van der Waals surface area contributed by atoms with Gasteiger partial charge in [0.2, 0.25) is 16.0 Å². The molecule has 0 atom stereocenters. The lowest BCUT2D eigenvalue weighted by Gasteiger charge is -2.34. The van der Waals surface area contributed by atoms with Gasteiger partial charge >= 0.3 is 0 Å². The fourth-order valence-corrected chi connectivity index (χ4v) is 6.20. The summed E-state index contributed by atoms with van der Waals surface area (Å²) in [5.74, 6) is 1.67. The van der Waals surface area contributed by atoms with E-state index in [9.17, 15) is 8.42 Å². The van der Waals surface area contributed by atoms with Crippen LogP contribution in [0.25, 0.3) is 0 Å². The molecule has 10 heteroatoms. The molecule has 0 aromatic carbocycles. The molecule has 4 rings (SSSR count). The highest BCUT2D eigenvalue weighted by Gasteiger charge is 2.33. The van der Waals surface area contributed by atoms with Crippen molar-refractivity contribution in [2.45, 2.75) is 52.0 Å². The maximum atomic E-state index is 13.3. The third-order valence-corrected chi connectivity index (χ3v) is 8.14. The van der Waals surface area contributed by atoms with Crippen molar-refractivity contribution in [3.8, 4) is 0 Å². The third kappa shape index (κ3) is 3.78. The quantitative estimate of drug-likeness (QED) is 0.710. The van der Waals surface area contributed by atoms with Crippen molar-refractivity contribution in [3.63, 3.8) is 0 Å². The fourth-order valence-electron chi connectivity index (χ4n) is 4.41. The van der Waals surface area contributed by atoms with E-state index in [-0.39, 0.29) is 0 Å². The van der Waals surface area contributed by atoms with Crippen LogP contribution in [0.15, 0.2) is 11.0 Å². The Morgan fingerprint density at radius 2 is 1.60 bits per heavy atom. The van der Waals surface area contributed by atoms with E-state index in [0.717, 1.165) is 24.6 Å². The van der Waals surface area contributed by atoms with Crippen molar-refractivity contribution in [1.82, 2.24) is 24.1 Å². The number of piperazine rings is 1. The molecule has 0 spiro atoms. The van der Waals surface area contributed by atoms with Crippen LogP contribution in [-0.2, 0) is 16.6 Å². The van der Waals surface area contributed by atoms with Gasteiger partial charge in [0, 0.05) is 57.6 Å². The first-order chi connectivity index (χ1) is 14.3. The van der Waals surface area contributed by atoms with Gasteiger partial charge in [0.1, 0.15) is 10.7 Å². The Morgan fingerprint density at radius 1 is 0.933 bits per heavy atom. The van der Waals surface area contributed by atoms with Crippen molar-refractivity contribution in [2.75, 3.05) is 49.1 Å². The summed E-state index contributed by atoms with van der Waals surface area (Å²) in [5, 5.41) is 4.39. The maximum Gasteiger partial charge on any atom is 0.246 e.